The lowest BCUT2D eigenvalue weighted by Crippen LogP contribution is -2.31. The van der Waals surface area contributed by atoms with Crippen LogP contribution in [-0.2, 0) is 4.79 Å². The minimum atomic E-state index is -0.288. The van der Waals surface area contributed by atoms with Crippen molar-refractivity contribution in [2.45, 2.75) is 12.8 Å². The topological polar surface area (TPSA) is 41.6 Å². The molecule has 0 saturated heterocycles. The molecule has 1 rings (SSSR count). The summed E-state index contributed by atoms with van der Waals surface area (Å²) in [5.74, 6) is 0.430. The van der Waals surface area contributed by atoms with Crippen LogP contribution in [0.5, 0.6) is 5.75 Å². The van der Waals surface area contributed by atoms with Crippen LogP contribution in [0.25, 0.3) is 0 Å². The van der Waals surface area contributed by atoms with Crippen molar-refractivity contribution in [1.82, 2.24) is 10.2 Å². The van der Waals surface area contributed by atoms with Gasteiger partial charge in [-0.3, -0.25) is 4.79 Å². The van der Waals surface area contributed by atoms with Crippen molar-refractivity contribution in [3.8, 4) is 5.75 Å². The van der Waals surface area contributed by atoms with Gasteiger partial charge in [0.1, 0.15) is 18.2 Å². The van der Waals surface area contributed by atoms with Gasteiger partial charge in [-0.1, -0.05) is 0 Å². The number of benzene rings is 1. The van der Waals surface area contributed by atoms with E-state index >= 15 is 0 Å². The monoisotopic (exact) mass is 304 g/mol. The number of likely N-dealkylation sites (N-methyl/N-ethyl adjacent to an activating group) is 1. The highest BCUT2D eigenvalue weighted by Crippen LogP contribution is 2.10. The van der Waals surface area contributed by atoms with Gasteiger partial charge < -0.3 is 15.0 Å². The van der Waals surface area contributed by atoms with E-state index in [-0.39, 0.29) is 24.1 Å². The number of hydrogen-bond donors (Lipinski definition) is 1. The van der Waals surface area contributed by atoms with E-state index in [1.165, 1.54) is 12.1 Å². The van der Waals surface area contributed by atoms with E-state index < -0.39 is 0 Å². The number of nitrogens with one attached hydrogen (secondary N) is 1. The molecule has 0 radical (unpaired) electrons. The van der Waals surface area contributed by atoms with Gasteiger partial charge in [0.05, 0.1) is 6.54 Å². The van der Waals surface area contributed by atoms with Gasteiger partial charge in [0.2, 0.25) is 5.91 Å². The molecule has 0 aliphatic carbocycles. The van der Waals surface area contributed by atoms with E-state index in [0.717, 1.165) is 13.0 Å². The summed E-state index contributed by atoms with van der Waals surface area (Å²) in [7, 11) is 3.63. The van der Waals surface area contributed by atoms with Crippen LogP contribution < -0.4 is 10.1 Å². The molecule has 114 valence electrons. The highest BCUT2D eigenvalue weighted by molar-refractivity contribution is 5.85. The molecule has 0 unspecified atom stereocenters. The zero-order valence-corrected chi connectivity index (χ0v) is 12.7. The Morgan fingerprint density at radius 1 is 1.35 bits per heavy atom. The average molecular weight is 305 g/mol. The minimum absolute atomic E-state index is 0. The Labute approximate surface area is 125 Å². The van der Waals surface area contributed by atoms with Crippen LogP contribution in [0.15, 0.2) is 24.3 Å². The van der Waals surface area contributed by atoms with Crippen LogP contribution in [-0.4, -0.2) is 44.6 Å². The first-order valence-corrected chi connectivity index (χ1v) is 6.40. The normalized spacial score (nSPS) is 9.75. The van der Waals surface area contributed by atoms with Crippen LogP contribution in [0, 0.1) is 5.82 Å². The highest BCUT2D eigenvalue weighted by Gasteiger charge is 2.07. The molecule has 0 fully saturated rings. The first-order valence-electron chi connectivity index (χ1n) is 6.40. The lowest BCUT2D eigenvalue weighted by molar-refractivity contribution is -0.130. The summed E-state index contributed by atoms with van der Waals surface area (Å²) in [6, 6.07) is 5.85. The molecule has 0 heterocycles. The van der Waals surface area contributed by atoms with Crippen molar-refractivity contribution in [3.05, 3.63) is 30.1 Å². The van der Waals surface area contributed by atoms with Gasteiger partial charge in [-0.05, 0) is 44.3 Å². The Morgan fingerprint density at radius 3 is 2.60 bits per heavy atom. The number of ether oxygens (including phenoxy) is 1. The molecular formula is C14H22ClFN2O2. The van der Waals surface area contributed by atoms with Gasteiger partial charge in [0, 0.05) is 13.5 Å². The molecule has 4 nitrogen and oxygen atoms in total. The molecule has 20 heavy (non-hydrogen) atoms. The summed E-state index contributed by atoms with van der Waals surface area (Å²) in [6.45, 7) is 1.77. The Bertz CT molecular complexity index is 387. The van der Waals surface area contributed by atoms with E-state index in [4.69, 9.17) is 4.74 Å². The lowest BCUT2D eigenvalue weighted by atomic mass is 10.3. The maximum Gasteiger partial charge on any atom is 0.222 e. The average Bonchev–Trinajstić information content (AvgIpc) is 2.41. The van der Waals surface area contributed by atoms with Crippen molar-refractivity contribution in [1.29, 1.82) is 0 Å². The van der Waals surface area contributed by atoms with Gasteiger partial charge in [0.25, 0.3) is 0 Å². The van der Waals surface area contributed by atoms with Crippen molar-refractivity contribution in [2.75, 3.05) is 33.8 Å². The smallest absolute Gasteiger partial charge is 0.222 e. The summed E-state index contributed by atoms with van der Waals surface area (Å²) in [5.41, 5.74) is 0. The molecular weight excluding hydrogens is 283 g/mol. The van der Waals surface area contributed by atoms with Crippen LogP contribution in [0.4, 0.5) is 4.39 Å². The summed E-state index contributed by atoms with van der Waals surface area (Å²) >= 11 is 0. The van der Waals surface area contributed by atoms with Gasteiger partial charge in [-0.25, -0.2) is 4.39 Å². The summed E-state index contributed by atoms with van der Waals surface area (Å²) < 4.78 is 18.1. The summed E-state index contributed by atoms with van der Waals surface area (Å²) in [6.07, 6.45) is 1.37. The molecule has 0 aromatic heterocycles. The lowest BCUT2D eigenvalue weighted by Gasteiger charge is -2.17. The van der Waals surface area contributed by atoms with Crippen LogP contribution in [0.3, 0.4) is 0 Å². The molecule has 1 N–H and O–H groups in total. The third kappa shape index (κ3) is 7.31. The predicted octanol–water partition coefficient (Wildman–Crippen LogP) is 2.08. The Balaban J connectivity index is 0.00000361. The maximum atomic E-state index is 12.7. The fourth-order valence-electron chi connectivity index (χ4n) is 1.56. The number of hydrogen-bond acceptors (Lipinski definition) is 3. The van der Waals surface area contributed by atoms with Crippen molar-refractivity contribution < 1.29 is 13.9 Å². The Kier molecular flexibility index (Phi) is 9.76. The largest absolute Gasteiger partial charge is 0.492 e. The molecule has 0 bridgehead atoms. The van der Waals surface area contributed by atoms with E-state index in [1.54, 1.807) is 24.1 Å². The molecule has 1 aromatic rings. The fourth-order valence-corrected chi connectivity index (χ4v) is 1.56. The number of carbonyl (C=O) groups is 1. The first kappa shape index (κ1) is 18.7. The fraction of sp³-hybridized carbons (Fsp3) is 0.500. The maximum absolute atomic E-state index is 12.7. The standard InChI is InChI=1S/C14H21FN2O2.ClH/c1-16-9-3-4-14(18)17(2)10-11-19-13-7-5-12(15)6-8-13;/h5-8,16H,3-4,9-11H2,1-2H3;1H. The van der Waals surface area contributed by atoms with Gasteiger partial charge in [-0.15, -0.1) is 12.4 Å². The first-order chi connectivity index (χ1) is 9.13. The van der Waals surface area contributed by atoms with E-state index in [0.29, 0.717) is 25.3 Å². The van der Waals surface area contributed by atoms with Gasteiger partial charge >= 0.3 is 0 Å². The van der Waals surface area contributed by atoms with Gasteiger partial charge in [-0.2, -0.15) is 0 Å². The van der Waals surface area contributed by atoms with Crippen molar-refractivity contribution in [3.63, 3.8) is 0 Å². The zero-order valence-electron chi connectivity index (χ0n) is 11.9. The third-order valence-electron chi connectivity index (χ3n) is 2.75. The van der Waals surface area contributed by atoms with Gasteiger partial charge in [0.15, 0.2) is 0 Å². The molecule has 0 aliphatic heterocycles. The zero-order chi connectivity index (χ0) is 14.1. The number of rotatable bonds is 8. The Morgan fingerprint density at radius 2 is 2.00 bits per heavy atom. The summed E-state index contributed by atoms with van der Waals surface area (Å²) in [5, 5.41) is 3.01. The molecule has 6 heteroatoms. The third-order valence-corrected chi connectivity index (χ3v) is 2.75. The quantitative estimate of drug-likeness (QED) is 0.748. The van der Waals surface area contributed by atoms with Crippen LogP contribution in [0.1, 0.15) is 12.8 Å². The van der Waals surface area contributed by atoms with Crippen LogP contribution >= 0.6 is 12.4 Å². The second-order valence-corrected chi connectivity index (χ2v) is 4.32. The number of amides is 1. The number of halogens is 2. The van der Waals surface area contributed by atoms with E-state index in [9.17, 15) is 9.18 Å². The van der Waals surface area contributed by atoms with Crippen molar-refractivity contribution in [2.24, 2.45) is 0 Å². The van der Waals surface area contributed by atoms with Crippen LogP contribution in [0.2, 0.25) is 0 Å². The highest BCUT2D eigenvalue weighted by atomic mass is 35.5. The predicted molar refractivity (Wildman–Crippen MR) is 79.9 cm³/mol. The second-order valence-electron chi connectivity index (χ2n) is 4.32. The molecule has 0 spiro atoms. The second kappa shape index (κ2) is 10.5. The molecule has 0 saturated carbocycles. The Hall–Kier alpha value is -1.33. The van der Waals surface area contributed by atoms with Crippen molar-refractivity contribution >= 4 is 18.3 Å². The number of nitrogens with zero attached hydrogens (tertiary/aromatic N) is 1. The SMILES string of the molecule is CNCCCC(=O)N(C)CCOc1ccc(F)cc1.Cl. The van der Waals surface area contributed by atoms with E-state index in [2.05, 4.69) is 5.32 Å². The molecule has 1 aromatic carbocycles. The molecule has 0 aliphatic rings. The van der Waals surface area contributed by atoms with E-state index in [1.807, 2.05) is 7.05 Å². The summed E-state index contributed by atoms with van der Waals surface area (Å²) in [4.78, 5) is 13.3. The number of carbonyl (C=O) groups excluding carboxylic acids is 1. The molecule has 0 atom stereocenters. The molecule has 1 amide bonds. The minimum Gasteiger partial charge on any atom is -0.492 e.